The molecule has 1 aliphatic carbocycles. The highest BCUT2D eigenvalue weighted by Crippen LogP contribution is 2.26. The quantitative estimate of drug-likeness (QED) is 0.626. The van der Waals surface area contributed by atoms with Gasteiger partial charge in [0.2, 0.25) is 17.8 Å². The van der Waals surface area contributed by atoms with Gasteiger partial charge in [-0.25, -0.2) is 0 Å². The van der Waals surface area contributed by atoms with Crippen LogP contribution in [0.1, 0.15) is 38.7 Å². The minimum atomic E-state index is -0.363. The fourth-order valence-corrected chi connectivity index (χ4v) is 2.50. The van der Waals surface area contributed by atoms with Crippen molar-refractivity contribution in [2.24, 2.45) is 0 Å². The summed E-state index contributed by atoms with van der Waals surface area (Å²) in [6.45, 7) is 4.00. The molecule has 2 aliphatic rings. The summed E-state index contributed by atoms with van der Waals surface area (Å²) in [5.41, 5.74) is 1.69. The van der Waals surface area contributed by atoms with E-state index in [0.717, 1.165) is 12.8 Å². The van der Waals surface area contributed by atoms with Crippen molar-refractivity contribution in [3.8, 4) is 0 Å². The van der Waals surface area contributed by atoms with Crippen LogP contribution in [0.2, 0.25) is 0 Å². The second-order valence-corrected chi connectivity index (χ2v) is 6.22. The summed E-state index contributed by atoms with van der Waals surface area (Å²) in [4.78, 5) is 33.9. The van der Waals surface area contributed by atoms with Gasteiger partial charge in [-0.3, -0.25) is 14.9 Å². The van der Waals surface area contributed by atoms with E-state index in [9.17, 15) is 9.59 Å². The molecule has 9 nitrogen and oxygen atoms in total. The summed E-state index contributed by atoms with van der Waals surface area (Å²) >= 11 is 0. The molecule has 4 rings (SSSR count). The monoisotopic (exact) mass is 357 g/mol. The fraction of sp³-hybridized carbons (Fsp3) is 0.471. The standard InChI is InChI=1S/C15H17N7O2.C2H6/c1-21(2)14-19-12-9(5-8-6-11(23)18-13(8)24)7-16-22(12)15(20-14)17-10-3-4-10;1-2/h5,7,10H,3-4,6H2,1-2H3,(H,17,19,20)(H,18,23,24);1-2H3/b8-5+;. The molecule has 1 saturated carbocycles. The van der Waals surface area contributed by atoms with Crippen molar-refractivity contribution in [3.63, 3.8) is 0 Å². The zero-order valence-electron chi connectivity index (χ0n) is 15.4. The summed E-state index contributed by atoms with van der Waals surface area (Å²) in [5, 5.41) is 9.96. The van der Waals surface area contributed by atoms with E-state index in [2.05, 4.69) is 25.7 Å². The molecule has 2 amide bonds. The van der Waals surface area contributed by atoms with E-state index in [1.165, 1.54) is 0 Å². The Kier molecular flexibility index (Phi) is 4.88. The maximum Gasteiger partial charge on any atom is 0.254 e. The lowest BCUT2D eigenvalue weighted by Crippen LogP contribution is -2.19. The van der Waals surface area contributed by atoms with Gasteiger partial charge in [0, 0.05) is 31.3 Å². The van der Waals surface area contributed by atoms with Crippen LogP contribution in [-0.2, 0) is 9.59 Å². The SMILES string of the molecule is CC.CN(C)c1nc(NC2CC2)n2ncc(/C=C3\CC(=O)NC3=O)c2n1. The maximum absolute atomic E-state index is 11.8. The Balaban J connectivity index is 0.000000948. The number of fused-ring (bicyclic) bond motifs is 1. The third-order valence-corrected chi connectivity index (χ3v) is 3.92. The lowest BCUT2D eigenvalue weighted by Gasteiger charge is -2.13. The van der Waals surface area contributed by atoms with Gasteiger partial charge in [0.05, 0.1) is 12.6 Å². The predicted molar refractivity (Wildman–Crippen MR) is 98.8 cm³/mol. The van der Waals surface area contributed by atoms with Crippen LogP contribution in [0.15, 0.2) is 11.8 Å². The molecule has 2 aromatic heterocycles. The number of hydrogen-bond donors (Lipinski definition) is 2. The van der Waals surface area contributed by atoms with Crippen LogP contribution in [0.3, 0.4) is 0 Å². The number of imide groups is 1. The molecular formula is C17H23N7O2. The van der Waals surface area contributed by atoms with Crippen LogP contribution in [0.4, 0.5) is 11.9 Å². The number of carbonyl (C=O) groups excluding carboxylic acids is 2. The third kappa shape index (κ3) is 3.51. The first kappa shape index (κ1) is 17.8. The highest BCUT2D eigenvalue weighted by atomic mass is 16.2. The topological polar surface area (TPSA) is 105 Å². The van der Waals surface area contributed by atoms with Crippen molar-refractivity contribution < 1.29 is 9.59 Å². The van der Waals surface area contributed by atoms with Gasteiger partial charge in [0.1, 0.15) is 0 Å². The van der Waals surface area contributed by atoms with Crippen molar-refractivity contribution in [1.29, 1.82) is 0 Å². The average Bonchev–Trinajstić information content (AvgIpc) is 3.25. The second kappa shape index (κ2) is 7.11. The Morgan fingerprint density at radius 3 is 2.58 bits per heavy atom. The Labute approximate surface area is 151 Å². The largest absolute Gasteiger partial charge is 0.351 e. The molecule has 0 spiro atoms. The smallest absolute Gasteiger partial charge is 0.254 e. The van der Waals surface area contributed by atoms with Crippen molar-refractivity contribution in [2.45, 2.75) is 39.2 Å². The first-order chi connectivity index (χ1) is 12.5. The molecule has 0 radical (unpaired) electrons. The van der Waals surface area contributed by atoms with Crippen LogP contribution in [0, 0.1) is 0 Å². The van der Waals surface area contributed by atoms with Crippen molar-refractivity contribution in [3.05, 3.63) is 17.3 Å². The average molecular weight is 357 g/mol. The summed E-state index contributed by atoms with van der Waals surface area (Å²) in [5.74, 6) is 0.528. The molecule has 3 heterocycles. The molecule has 0 unspecified atom stereocenters. The van der Waals surface area contributed by atoms with E-state index in [-0.39, 0.29) is 18.2 Å². The van der Waals surface area contributed by atoms with Gasteiger partial charge in [0.25, 0.3) is 5.91 Å². The van der Waals surface area contributed by atoms with E-state index in [1.54, 1.807) is 16.8 Å². The lowest BCUT2D eigenvalue weighted by molar-refractivity contribution is -0.124. The molecule has 2 N–H and O–H groups in total. The highest BCUT2D eigenvalue weighted by molar-refractivity contribution is 6.15. The van der Waals surface area contributed by atoms with Gasteiger partial charge < -0.3 is 10.2 Å². The van der Waals surface area contributed by atoms with Gasteiger partial charge >= 0.3 is 0 Å². The molecule has 0 atom stereocenters. The Bertz CT molecular complexity index is 881. The van der Waals surface area contributed by atoms with E-state index >= 15 is 0 Å². The van der Waals surface area contributed by atoms with Gasteiger partial charge in [-0.2, -0.15) is 19.6 Å². The zero-order chi connectivity index (χ0) is 18.8. The molecule has 2 aromatic rings. The maximum atomic E-state index is 11.8. The number of nitrogens with one attached hydrogen (secondary N) is 2. The first-order valence-electron chi connectivity index (χ1n) is 8.75. The van der Waals surface area contributed by atoms with Gasteiger partial charge in [-0.15, -0.1) is 0 Å². The third-order valence-electron chi connectivity index (χ3n) is 3.92. The molecule has 9 heteroatoms. The van der Waals surface area contributed by atoms with Crippen LogP contribution >= 0.6 is 0 Å². The van der Waals surface area contributed by atoms with E-state index < -0.39 is 0 Å². The molecule has 26 heavy (non-hydrogen) atoms. The summed E-state index contributed by atoms with van der Waals surface area (Å²) in [6.07, 6.45) is 5.60. The van der Waals surface area contributed by atoms with E-state index in [4.69, 9.17) is 0 Å². The van der Waals surface area contributed by atoms with Crippen molar-refractivity contribution >= 4 is 35.4 Å². The highest BCUT2D eigenvalue weighted by Gasteiger charge is 2.26. The molecule has 1 saturated heterocycles. The minimum Gasteiger partial charge on any atom is -0.351 e. The number of amides is 2. The van der Waals surface area contributed by atoms with E-state index in [1.807, 2.05) is 32.8 Å². The van der Waals surface area contributed by atoms with Gasteiger partial charge in [-0.1, -0.05) is 13.8 Å². The minimum absolute atomic E-state index is 0.0783. The van der Waals surface area contributed by atoms with Gasteiger partial charge in [0.15, 0.2) is 5.65 Å². The van der Waals surface area contributed by atoms with Crippen LogP contribution < -0.4 is 15.5 Å². The summed E-state index contributed by atoms with van der Waals surface area (Å²) in [7, 11) is 3.73. The van der Waals surface area contributed by atoms with Crippen molar-refractivity contribution in [2.75, 3.05) is 24.3 Å². The molecule has 1 aliphatic heterocycles. The number of rotatable bonds is 4. The molecule has 0 bridgehead atoms. The fourth-order valence-electron chi connectivity index (χ4n) is 2.50. The summed E-state index contributed by atoms with van der Waals surface area (Å²) in [6, 6.07) is 0.419. The second-order valence-electron chi connectivity index (χ2n) is 6.22. The van der Waals surface area contributed by atoms with Crippen LogP contribution in [0.5, 0.6) is 0 Å². The number of aromatic nitrogens is 4. The van der Waals surface area contributed by atoms with Gasteiger partial charge in [-0.05, 0) is 18.9 Å². The Hall–Kier alpha value is -2.97. The summed E-state index contributed by atoms with van der Waals surface area (Å²) < 4.78 is 1.63. The molecule has 0 aromatic carbocycles. The normalized spacial score (nSPS) is 17.9. The van der Waals surface area contributed by atoms with Crippen molar-refractivity contribution in [1.82, 2.24) is 24.9 Å². The van der Waals surface area contributed by atoms with Crippen LogP contribution in [0.25, 0.3) is 11.7 Å². The Morgan fingerprint density at radius 2 is 2.00 bits per heavy atom. The number of carbonyl (C=O) groups is 2. The molecule has 2 fully saturated rings. The first-order valence-corrected chi connectivity index (χ1v) is 8.75. The predicted octanol–water partition coefficient (Wildman–Crippen LogP) is 1.22. The number of nitrogens with zero attached hydrogens (tertiary/aromatic N) is 5. The van der Waals surface area contributed by atoms with Crippen LogP contribution in [-0.4, -0.2) is 51.5 Å². The zero-order valence-corrected chi connectivity index (χ0v) is 15.4. The number of anilines is 2. The molecule has 138 valence electrons. The Morgan fingerprint density at radius 1 is 1.27 bits per heavy atom. The molecular weight excluding hydrogens is 334 g/mol. The lowest BCUT2D eigenvalue weighted by atomic mass is 10.1. The number of hydrogen-bond acceptors (Lipinski definition) is 7. The van der Waals surface area contributed by atoms with E-state index in [0.29, 0.717) is 34.7 Å².